The highest BCUT2D eigenvalue weighted by Gasteiger charge is 2.07. The Morgan fingerprint density at radius 2 is 1.96 bits per heavy atom. The van der Waals surface area contributed by atoms with Gasteiger partial charge in [0.2, 0.25) is 5.91 Å². The summed E-state index contributed by atoms with van der Waals surface area (Å²) in [5.74, 6) is 1.76. The van der Waals surface area contributed by atoms with Gasteiger partial charge in [-0.15, -0.1) is 0 Å². The second-order valence-corrected chi connectivity index (χ2v) is 7.79. The standard InChI is InChI=1S/C23H28BrNO3/c1-5-17-6-9-20(19(24)14-17)25-23(26)11-8-18-7-10-21(22(15-18)27-4)28-13-12-16(2)3/h6-11,14-16H,5,12-13H2,1-4H3,(H,25,26)/b11-8+. The van der Waals surface area contributed by atoms with E-state index in [4.69, 9.17) is 9.47 Å². The van der Waals surface area contributed by atoms with E-state index in [1.807, 2.05) is 36.4 Å². The summed E-state index contributed by atoms with van der Waals surface area (Å²) in [5.41, 5.74) is 2.82. The zero-order chi connectivity index (χ0) is 20.5. The van der Waals surface area contributed by atoms with Crippen LogP contribution in [0.5, 0.6) is 11.5 Å². The van der Waals surface area contributed by atoms with Crippen molar-refractivity contribution in [2.45, 2.75) is 33.6 Å². The summed E-state index contributed by atoms with van der Waals surface area (Å²) in [6.07, 6.45) is 5.20. The van der Waals surface area contributed by atoms with E-state index >= 15 is 0 Å². The molecule has 1 N–H and O–H groups in total. The molecule has 0 fully saturated rings. The van der Waals surface area contributed by atoms with Gasteiger partial charge >= 0.3 is 0 Å². The molecule has 2 rings (SSSR count). The van der Waals surface area contributed by atoms with Gasteiger partial charge in [0.15, 0.2) is 11.5 Å². The Bertz CT molecular complexity index is 831. The fourth-order valence-corrected chi connectivity index (χ4v) is 3.06. The molecule has 2 aromatic carbocycles. The highest BCUT2D eigenvalue weighted by atomic mass is 79.9. The molecule has 0 radical (unpaired) electrons. The first kappa shape index (κ1) is 22.0. The predicted molar refractivity (Wildman–Crippen MR) is 119 cm³/mol. The van der Waals surface area contributed by atoms with Crippen molar-refractivity contribution < 1.29 is 14.3 Å². The number of nitrogens with one attached hydrogen (secondary N) is 1. The Morgan fingerprint density at radius 3 is 2.61 bits per heavy atom. The van der Waals surface area contributed by atoms with E-state index < -0.39 is 0 Å². The van der Waals surface area contributed by atoms with Gasteiger partial charge in [0.05, 0.1) is 19.4 Å². The van der Waals surface area contributed by atoms with Gasteiger partial charge in [-0.05, 0) is 76.2 Å². The van der Waals surface area contributed by atoms with E-state index in [1.165, 1.54) is 11.6 Å². The Kier molecular flexibility index (Phi) is 8.58. The molecule has 0 aliphatic rings. The van der Waals surface area contributed by atoms with E-state index in [1.54, 1.807) is 13.2 Å². The summed E-state index contributed by atoms with van der Waals surface area (Å²) in [5, 5.41) is 2.88. The smallest absolute Gasteiger partial charge is 0.248 e. The molecule has 28 heavy (non-hydrogen) atoms. The number of amides is 1. The van der Waals surface area contributed by atoms with Crippen LogP contribution >= 0.6 is 15.9 Å². The minimum Gasteiger partial charge on any atom is -0.493 e. The lowest BCUT2D eigenvalue weighted by Crippen LogP contribution is -2.08. The van der Waals surface area contributed by atoms with E-state index in [-0.39, 0.29) is 5.91 Å². The first-order chi connectivity index (χ1) is 13.4. The van der Waals surface area contributed by atoms with Crippen molar-refractivity contribution in [2.75, 3.05) is 19.0 Å². The van der Waals surface area contributed by atoms with E-state index in [0.29, 0.717) is 24.0 Å². The summed E-state index contributed by atoms with van der Waals surface area (Å²) in [7, 11) is 1.61. The zero-order valence-electron chi connectivity index (χ0n) is 16.9. The largest absolute Gasteiger partial charge is 0.493 e. The lowest BCUT2D eigenvalue weighted by atomic mass is 10.1. The van der Waals surface area contributed by atoms with E-state index in [2.05, 4.69) is 42.0 Å². The van der Waals surface area contributed by atoms with Crippen molar-refractivity contribution in [3.8, 4) is 11.5 Å². The number of aryl methyl sites for hydroxylation is 1. The zero-order valence-corrected chi connectivity index (χ0v) is 18.5. The predicted octanol–water partition coefficient (Wildman–Crippen LogP) is 6.10. The second-order valence-electron chi connectivity index (χ2n) is 6.93. The molecule has 2 aromatic rings. The summed E-state index contributed by atoms with van der Waals surface area (Å²) in [4.78, 5) is 12.2. The maximum absolute atomic E-state index is 12.2. The lowest BCUT2D eigenvalue weighted by molar-refractivity contribution is -0.111. The van der Waals surface area contributed by atoms with Gasteiger partial charge in [-0.2, -0.15) is 0 Å². The van der Waals surface area contributed by atoms with Gasteiger partial charge in [-0.3, -0.25) is 4.79 Å². The Labute approximate surface area is 176 Å². The molecule has 0 bridgehead atoms. The van der Waals surface area contributed by atoms with E-state index in [0.717, 1.165) is 28.6 Å². The van der Waals surface area contributed by atoms with Crippen molar-refractivity contribution in [1.29, 1.82) is 0 Å². The molecule has 0 heterocycles. The van der Waals surface area contributed by atoms with Gasteiger partial charge in [-0.25, -0.2) is 0 Å². The molecule has 150 valence electrons. The van der Waals surface area contributed by atoms with Crippen LogP contribution in [0.4, 0.5) is 5.69 Å². The first-order valence-electron chi connectivity index (χ1n) is 9.51. The van der Waals surface area contributed by atoms with Gasteiger partial charge < -0.3 is 14.8 Å². The molecule has 0 atom stereocenters. The minimum absolute atomic E-state index is 0.193. The monoisotopic (exact) mass is 445 g/mol. The van der Waals surface area contributed by atoms with Crippen molar-refractivity contribution in [1.82, 2.24) is 0 Å². The lowest BCUT2D eigenvalue weighted by Gasteiger charge is -2.12. The molecule has 0 saturated carbocycles. The summed E-state index contributed by atoms with van der Waals surface area (Å²) < 4.78 is 12.1. The summed E-state index contributed by atoms with van der Waals surface area (Å²) in [6, 6.07) is 11.6. The quantitative estimate of drug-likeness (QED) is 0.474. The molecule has 0 aromatic heterocycles. The molecule has 0 saturated heterocycles. The molecule has 5 heteroatoms. The highest BCUT2D eigenvalue weighted by Crippen LogP contribution is 2.29. The maximum atomic E-state index is 12.2. The van der Waals surface area contributed by atoms with Crippen LogP contribution < -0.4 is 14.8 Å². The number of rotatable bonds is 9. The van der Waals surface area contributed by atoms with Crippen molar-refractivity contribution >= 4 is 33.6 Å². The van der Waals surface area contributed by atoms with Crippen LogP contribution in [0.25, 0.3) is 6.08 Å². The molecule has 4 nitrogen and oxygen atoms in total. The fraction of sp³-hybridized carbons (Fsp3) is 0.348. The van der Waals surface area contributed by atoms with Gasteiger partial charge in [0, 0.05) is 10.5 Å². The fourth-order valence-electron chi connectivity index (χ4n) is 2.54. The normalized spacial score (nSPS) is 11.1. The second kappa shape index (κ2) is 10.9. The molecule has 0 spiro atoms. The number of ether oxygens (including phenoxy) is 2. The van der Waals surface area contributed by atoms with Gasteiger partial charge in [0.25, 0.3) is 0 Å². The molecule has 0 aliphatic heterocycles. The average Bonchev–Trinajstić information content (AvgIpc) is 2.68. The van der Waals surface area contributed by atoms with Crippen molar-refractivity contribution in [3.63, 3.8) is 0 Å². The average molecular weight is 446 g/mol. The van der Waals surface area contributed by atoms with Gasteiger partial charge in [-0.1, -0.05) is 32.9 Å². The number of carbonyl (C=O) groups excluding carboxylic acids is 1. The third-order valence-corrected chi connectivity index (χ3v) is 4.92. The van der Waals surface area contributed by atoms with Crippen LogP contribution in [-0.4, -0.2) is 19.6 Å². The van der Waals surface area contributed by atoms with Crippen molar-refractivity contribution in [3.05, 3.63) is 58.1 Å². The number of anilines is 1. The number of hydrogen-bond donors (Lipinski definition) is 1. The summed E-state index contributed by atoms with van der Waals surface area (Å²) in [6.45, 7) is 7.07. The van der Waals surface area contributed by atoms with Crippen LogP contribution in [0.15, 0.2) is 46.9 Å². The highest BCUT2D eigenvalue weighted by molar-refractivity contribution is 9.10. The van der Waals surface area contributed by atoms with Crippen LogP contribution in [0.2, 0.25) is 0 Å². The van der Waals surface area contributed by atoms with Crippen LogP contribution in [0.1, 0.15) is 38.3 Å². The molecular weight excluding hydrogens is 418 g/mol. The number of halogens is 1. The Balaban J connectivity index is 2.01. The van der Waals surface area contributed by atoms with E-state index in [9.17, 15) is 4.79 Å². The minimum atomic E-state index is -0.193. The van der Waals surface area contributed by atoms with Crippen LogP contribution in [-0.2, 0) is 11.2 Å². The number of benzene rings is 2. The van der Waals surface area contributed by atoms with Gasteiger partial charge in [0.1, 0.15) is 0 Å². The molecule has 0 aliphatic carbocycles. The SMILES string of the molecule is CCc1ccc(NC(=O)/C=C/c2ccc(OCCC(C)C)c(OC)c2)c(Br)c1. The third kappa shape index (κ3) is 6.71. The van der Waals surface area contributed by atoms with Crippen molar-refractivity contribution in [2.24, 2.45) is 5.92 Å². The molecular formula is C23H28BrNO3. The molecule has 1 amide bonds. The number of carbonyl (C=O) groups is 1. The Morgan fingerprint density at radius 1 is 1.18 bits per heavy atom. The number of hydrogen-bond acceptors (Lipinski definition) is 3. The maximum Gasteiger partial charge on any atom is 0.248 e. The topological polar surface area (TPSA) is 47.6 Å². The van der Waals surface area contributed by atoms with Crippen LogP contribution in [0, 0.1) is 5.92 Å². The number of methoxy groups -OCH3 is 1. The first-order valence-corrected chi connectivity index (χ1v) is 10.3. The summed E-state index contributed by atoms with van der Waals surface area (Å²) >= 11 is 3.50. The Hall–Kier alpha value is -2.27. The third-order valence-electron chi connectivity index (χ3n) is 4.27. The van der Waals surface area contributed by atoms with Crippen LogP contribution in [0.3, 0.4) is 0 Å². The molecule has 0 unspecified atom stereocenters.